The second kappa shape index (κ2) is 4.64. The van der Waals surface area contributed by atoms with Gasteiger partial charge in [-0.25, -0.2) is 0 Å². The van der Waals surface area contributed by atoms with Gasteiger partial charge in [-0.1, -0.05) is 0 Å². The van der Waals surface area contributed by atoms with Crippen LogP contribution in [0.15, 0.2) is 0 Å². The van der Waals surface area contributed by atoms with E-state index in [0.29, 0.717) is 32.0 Å². The van der Waals surface area contributed by atoms with Crippen molar-refractivity contribution >= 4 is 11.8 Å². The summed E-state index contributed by atoms with van der Waals surface area (Å²) in [4.78, 5) is 25.5. The van der Waals surface area contributed by atoms with Gasteiger partial charge in [0.25, 0.3) is 5.91 Å². The maximum Gasteiger partial charge on any atom is 0.253 e. The quantitative estimate of drug-likeness (QED) is 0.764. The number of hydrogen-bond donors (Lipinski definition) is 1. The standard InChI is InChI=1S/C12H20N2O3/c1-12(11(16)13-2)8-14(5-6-17-12)10(15)7-9-3-4-9/h9H,3-8H2,1-2H3,(H,13,16). The molecule has 0 bridgehead atoms. The molecule has 1 unspecified atom stereocenters. The maximum atomic E-state index is 12.0. The first-order chi connectivity index (χ1) is 8.05. The zero-order chi connectivity index (χ0) is 12.5. The number of nitrogens with one attached hydrogen (secondary N) is 1. The van der Waals surface area contributed by atoms with Gasteiger partial charge in [0.2, 0.25) is 5.91 Å². The van der Waals surface area contributed by atoms with Gasteiger partial charge in [0.15, 0.2) is 5.60 Å². The third-order valence-electron chi connectivity index (χ3n) is 3.49. The summed E-state index contributed by atoms with van der Waals surface area (Å²) in [5, 5.41) is 2.59. The maximum absolute atomic E-state index is 12.0. The van der Waals surface area contributed by atoms with E-state index in [1.165, 1.54) is 12.8 Å². The van der Waals surface area contributed by atoms with Crippen molar-refractivity contribution in [2.24, 2.45) is 5.92 Å². The number of morpholine rings is 1. The molecule has 1 saturated carbocycles. The molecule has 5 heteroatoms. The molecule has 5 nitrogen and oxygen atoms in total. The van der Waals surface area contributed by atoms with Gasteiger partial charge in [0, 0.05) is 20.0 Å². The Hall–Kier alpha value is -1.10. The molecule has 0 aromatic rings. The van der Waals surface area contributed by atoms with Crippen molar-refractivity contribution in [1.29, 1.82) is 0 Å². The zero-order valence-electron chi connectivity index (χ0n) is 10.5. The Kier molecular flexibility index (Phi) is 3.38. The first-order valence-electron chi connectivity index (χ1n) is 6.19. The number of ether oxygens (including phenoxy) is 1. The van der Waals surface area contributed by atoms with Crippen LogP contribution in [0.4, 0.5) is 0 Å². The van der Waals surface area contributed by atoms with Crippen LogP contribution in [-0.4, -0.2) is 49.1 Å². The minimum Gasteiger partial charge on any atom is -0.362 e. The number of nitrogens with zero attached hydrogens (tertiary/aromatic N) is 1. The molecule has 0 aromatic carbocycles. The molecule has 1 N–H and O–H groups in total. The Bertz CT molecular complexity index is 328. The summed E-state index contributed by atoms with van der Waals surface area (Å²) >= 11 is 0. The second-order valence-electron chi connectivity index (χ2n) is 5.12. The first kappa shape index (κ1) is 12.4. The minimum absolute atomic E-state index is 0.158. The van der Waals surface area contributed by atoms with E-state index in [4.69, 9.17) is 4.74 Å². The zero-order valence-corrected chi connectivity index (χ0v) is 10.5. The summed E-state index contributed by atoms with van der Waals surface area (Å²) < 4.78 is 5.51. The summed E-state index contributed by atoms with van der Waals surface area (Å²) in [7, 11) is 1.59. The van der Waals surface area contributed by atoms with Crippen molar-refractivity contribution in [1.82, 2.24) is 10.2 Å². The van der Waals surface area contributed by atoms with Crippen LogP contribution in [0.25, 0.3) is 0 Å². The van der Waals surface area contributed by atoms with Crippen LogP contribution in [0.1, 0.15) is 26.2 Å². The first-order valence-corrected chi connectivity index (χ1v) is 6.19. The van der Waals surface area contributed by atoms with Gasteiger partial charge in [0.05, 0.1) is 13.2 Å². The van der Waals surface area contributed by atoms with Crippen LogP contribution in [0.3, 0.4) is 0 Å². The van der Waals surface area contributed by atoms with Crippen molar-refractivity contribution in [3.8, 4) is 0 Å². The van der Waals surface area contributed by atoms with E-state index in [-0.39, 0.29) is 11.8 Å². The Morgan fingerprint density at radius 2 is 2.18 bits per heavy atom. The molecule has 1 atom stereocenters. The van der Waals surface area contributed by atoms with Gasteiger partial charge in [-0.2, -0.15) is 0 Å². The van der Waals surface area contributed by atoms with Gasteiger partial charge >= 0.3 is 0 Å². The number of hydrogen-bond acceptors (Lipinski definition) is 3. The molecule has 96 valence electrons. The largest absolute Gasteiger partial charge is 0.362 e. The Balaban J connectivity index is 1.95. The highest BCUT2D eigenvalue weighted by molar-refractivity contribution is 5.86. The number of carbonyl (C=O) groups excluding carboxylic acids is 2. The summed E-state index contributed by atoms with van der Waals surface area (Å²) in [6, 6.07) is 0. The molecular weight excluding hydrogens is 220 g/mol. The normalized spacial score (nSPS) is 28.9. The highest BCUT2D eigenvalue weighted by Gasteiger charge is 2.40. The fourth-order valence-corrected chi connectivity index (χ4v) is 2.18. The molecular formula is C12H20N2O3. The molecule has 1 heterocycles. The average Bonchev–Trinajstić information content (AvgIpc) is 3.11. The van der Waals surface area contributed by atoms with E-state index in [1.807, 2.05) is 0 Å². The lowest BCUT2D eigenvalue weighted by Crippen LogP contribution is -2.58. The van der Waals surface area contributed by atoms with Gasteiger partial charge in [0.1, 0.15) is 0 Å². The number of carbonyl (C=O) groups is 2. The summed E-state index contributed by atoms with van der Waals surface area (Å²) in [6.45, 7) is 3.12. The minimum atomic E-state index is -0.897. The van der Waals surface area contributed by atoms with E-state index in [9.17, 15) is 9.59 Å². The highest BCUT2D eigenvalue weighted by Crippen LogP contribution is 2.33. The lowest BCUT2D eigenvalue weighted by Gasteiger charge is -2.39. The monoisotopic (exact) mass is 240 g/mol. The van der Waals surface area contributed by atoms with Crippen molar-refractivity contribution < 1.29 is 14.3 Å². The second-order valence-corrected chi connectivity index (χ2v) is 5.12. The van der Waals surface area contributed by atoms with Crippen molar-refractivity contribution in [2.45, 2.75) is 31.8 Å². The Labute approximate surface area is 101 Å². The topological polar surface area (TPSA) is 58.6 Å². The number of amides is 2. The highest BCUT2D eigenvalue weighted by atomic mass is 16.5. The molecule has 2 rings (SSSR count). The summed E-state index contributed by atoms with van der Waals surface area (Å²) in [5.41, 5.74) is -0.897. The third kappa shape index (κ3) is 2.77. The molecule has 17 heavy (non-hydrogen) atoms. The van der Waals surface area contributed by atoms with Crippen LogP contribution in [0.2, 0.25) is 0 Å². The fourth-order valence-electron chi connectivity index (χ4n) is 2.18. The molecule has 2 aliphatic rings. The Morgan fingerprint density at radius 1 is 1.47 bits per heavy atom. The fraction of sp³-hybridized carbons (Fsp3) is 0.833. The van der Waals surface area contributed by atoms with Crippen LogP contribution in [-0.2, 0) is 14.3 Å². The molecule has 1 aliphatic heterocycles. The molecule has 0 spiro atoms. The van der Waals surface area contributed by atoms with E-state index in [2.05, 4.69) is 5.32 Å². The average molecular weight is 240 g/mol. The lowest BCUT2D eigenvalue weighted by molar-refractivity contribution is -0.162. The van der Waals surface area contributed by atoms with Crippen LogP contribution in [0.5, 0.6) is 0 Å². The molecule has 2 fully saturated rings. The van der Waals surface area contributed by atoms with Crippen molar-refractivity contribution in [2.75, 3.05) is 26.7 Å². The van der Waals surface area contributed by atoms with Gasteiger partial charge < -0.3 is 15.0 Å². The molecule has 0 aromatic heterocycles. The Morgan fingerprint density at radius 3 is 2.76 bits per heavy atom. The van der Waals surface area contributed by atoms with Crippen LogP contribution < -0.4 is 5.32 Å². The van der Waals surface area contributed by atoms with Crippen LogP contribution >= 0.6 is 0 Å². The third-order valence-corrected chi connectivity index (χ3v) is 3.49. The molecule has 2 amide bonds. The SMILES string of the molecule is CNC(=O)C1(C)CN(C(=O)CC2CC2)CCO1. The lowest BCUT2D eigenvalue weighted by atomic mass is 10.0. The van der Waals surface area contributed by atoms with Gasteiger partial charge in [-0.3, -0.25) is 9.59 Å². The number of rotatable bonds is 3. The van der Waals surface area contributed by atoms with Gasteiger partial charge in [-0.15, -0.1) is 0 Å². The van der Waals surface area contributed by atoms with E-state index >= 15 is 0 Å². The van der Waals surface area contributed by atoms with E-state index in [0.717, 1.165) is 0 Å². The molecule has 1 aliphatic carbocycles. The van der Waals surface area contributed by atoms with Gasteiger partial charge in [-0.05, 0) is 25.7 Å². The van der Waals surface area contributed by atoms with E-state index < -0.39 is 5.60 Å². The number of likely N-dealkylation sites (N-methyl/N-ethyl adjacent to an activating group) is 1. The molecule has 1 saturated heterocycles. The van der Waals surface area contributed by atoms with Crippen molar-refractivity contribution in [3.05, 3.63) is 0 Å². The predicted octanol–water partition coefficient (Wildman–Crippen LogP) is 0.150. The predicted molar refractivity (Wildman–Crippen MR) is 62.3 cm³/mol. The summed E-state index contributed by atoms with van der Waals surface area (Å²) in [6.07, 6.45) is 2.97. The van der Waals surface area contributed by atoms with Crippen LogP contribution in [0, 0.1) is 5.92 Å². The summed E-state index contributed by atoms with van der Waals surface area (Å²) in [5.74, 6) is 0.573. The van der Waals surface area contributed by atoms with E-state index in [1.54, 1.807) is 18.9 Å². The smallest absolute Gasteiger partial charge is 0.253 e. The molecule has 0 radical (unpaired) electrons. The van der Waals surface area contributed by atoms with Crippen molar-refractivity contribution in [3.63, 3.8) is 0 Å².